The van der Waals surface area contributed by atoms with Crippen LogP contribution in [0.3, 0.4) is 0 Å². The van der Waals surface area contributed by atoms with Gasteiger partial charge in [0.05, 0.1) is 11.9 Å². The highest BCUT2D eigenvalue weighted by atomic mass is 15.2. The number of aromatic amines is 1. The van der Waals surface area contributed by atoms with Crippen LogP contribution < -0.4 is 0 Å². The zero-order valence-corrected chi connectivity index (χ0v) is 7.51. The van der Waals surface area contributed by atoms with Gasteiger partial charge in [0.1, 0.15) is 0 Å². The van der Waals surface area contributed by atoms with Gasteiger partial charge in [-0.2, -0.15) is 5.10 Å². The number of nitrogens with one attached hydrogen (secondary N) is 1. The molecule has 3 heteroatoms. The number of fused-ring (bicyclic) bond motifs is 1. The van der Waals surface area contributed by atoms with E-state index >= 15 is 0 Å². The number of unbranched alkanes of at least 4 members (excludes halogenated alkanes) is 1. The SMILES string of the molecule is CCCCN1Cc2cn[nH]c2C1. The van der Waals surface area contributed by atoms with Crippen molar-refractivity contribution in [3.8, 4) is 0 Å². The summed E-state index contributed by atoms with van der Waals surface area (Å²) in [4.78, 5) is 2.46. The summed E-state index contributed by atoms with van der Waals surface area (Å²) in [5, 5.41) is 7.04. The van der Waals surface area contributed by atoms with Gasteiger partial charge in [-0.05, 0) is 13.0 Å². The Morgan fingerprint density at radius 2 is 2.50 bits per heavy atom. The number of nitrogens with zero attached hydrogens (tertiary/aromatic N) is 2. The van der Waals surface area contributed by atoms with Crippen molar-refractivity contribution in [2.45, 2.75) is 32.9 Å². The molecular formula is C9H15N3. The van der Waals surface area contributed by atoms with Crippen molar-refractivity contribution in [2.24, 2.45) is 0 Å². The van der Waals surface area contributed by atoms with E-state index in [2.05, 4.69) is 22.0 Å². The Balaban J connectivity index is 1.90. The Labute approximate surface area is 72.8 Å². The predicted octanol–water partition coefficient (Wildman–Crippen LogP) is 1.53. The van der Waals surface area contributed by atoms with Crippen molar-refractivity contribution in [1.29, 1.82) is 0 Å². The third-order valence-electron chi connectivity index (χ3n) is 2.41. The Kier molecular flexibility index (Phi) is 2.13. The van der Waals surface area contributed by atoms with Gasteiger partial charge in [0, 0.05) is 18.7 Å². The van der Waals surface area contributed by atoms with Crippen molar-refractivity contribution < 1.29 is 0 Å². The third-order valence-corrected chi connectivity index (χ3v) is 2.41. The summed E-state index contributed by atoms with van der Waals surface area (Å²) in [5.74, 6) is 0. The van der Waals surface area contributed by atoms with Crippen LogP contribution in [0.15, 0.2) is 6.20 Å². The zero-order chi connectivity index (χ0) is 8.39. The first-order valence-electron chi connectivity index (χ1n) is 4.63. The molecule has 1 aliphatic rings. The van der Waals surface area contributed by atoms with Gasteiger partial charge in [0.2, 0.25) is 0 Å². The van der Waals surface area contributed by atoms with Crippen molar-refractivity contribution in [3.63, 3.8) is 0 Å². The zero-order valence-electron chi connectivity index (χ0n) is 7.51. The summed E-state index contributed by atoms with van der Waals surface area (Å²) in [7, 11) is 0. The first-order valence-corrected chi connectivity index (χ1v) is 4.63. The fourth-order valence-electron chi connectivity index (χ4n) is 1.67. The molecule has 2 rings (SSSR count). The largest absolute Gasteiger partial charge is 0.293 e. The molecule has 1 N–H and O–H groups in total. The summed E-state index contributed by atoms with van der Waals surface area (Å²) in [6, 6.07) is 0. The highest BCUT2D eigenvalue weighted by Gasteiger charge is 2.19. The summed E-state index contributed by atoms with van der Waals surface area (Å²) in [5.41, 5.74) is 2.69. The van der Waals surface area contributed by atoms with Gasteiger partial charge in [0.25, 0.3) is 0 Å². The smallest absolute Gasteiger partial charge is 0.0537 e. The molecule has 1 aliphatic heterocycles. The van der Waals surface area contributed by atoms with Gasteiger partial charge in [0.15, 0.2) is 0 Å². The van der Waals surface area contributed by atoms with E-state index in [-0.39, 0.29) is 0 Å². The van der Waals surface area contributed by atoms with Crippen LogP contribution >= 0.6 is 0 Å². The van der Waals surface area contributed by atoms with Crippen molar-refractivity contribution >= 4 is 0 Å². The fourth-order valence-corrected chi connectivity index (χ4v) is 1.67. The fraction of sp³-hybridized carbons (Fsp3) is 0.667. The van der Waals surface area contributed by atoms with Crippen LogP contribution in [0.4, 0.5) is 0 Å². The standard InChI is InChI=1S/C9H15N3/c1-2-3-4-12-6-8-5-10-11-9(8)7-12/h5H,2-4,6-7H2,1H3,(H,10,11). The van der Waals surface area contributed by atoms with Gasteiger partial charge in [-0.25, -0.2) is 0 Å². The maximum absolute atomic E-state index is 4.01. The molecule has 0 bridgehead atoms. The monoisotopic (exact) mass is 165 g/mol. The second-order valence-electron chi connectivity index (χ2n) is 3.44. The Morgan fingerprint density at radius 1 is 1.58 bits per heavy atom. The van der Waals surface area contributed by atoms with Crippen LogP contribution in [0.1, 0.15) is 31.0 Å². The van der Waals surface area contributed by atoms with E-state index in [0.717, 1.165) is 13.1 Å². The number of hydrogen-bond donors (Lipinski definition) is 1. The Bertz CT molecular complexity index is 234. The summed E-state index contributed by atoms with van der Waals surface area (Å²) in [6.07, 6.45) is 4.53. The van der Waals surface area contributed by atoms with Crippen LogP contribution in [-0.4, -0.2) is 21.6 Å². The Hall–Kier alpha value is -0.830. The molecule has 66 valence electrons. The summed E-state index contributed by atoms with van der Waals surface area (Å²) in [6.45, 7) is 5.61. The van der Waals surface area contributed by atoms with Gasteiger partial charge >= 0.3 is 0 Å². The van der Waals surface area contributed by atoms with E-state index in [9.17, 15) is 0 Å². The van der Waals surface area contributed by atoms with Gasteiger partial charge in [-0.15, -0.1) is 0 Å². The summed E-state index contributed by atoms with van der Waals surface area (Å²) >= 11 is 0. The molecule has 0 aliphatic carbocycles. The molecule has 0 amide bonds. The lowest BCUT2D eigenvalue weighted by atomic mass is 10.3. The molecule has 2 heterocycles. The molecule has 1 aromatic rings. The normalized spacial score (nSPS) is 16.8. The first kappa shape index (κ1) is 7.80. The molecule has 0 spiro atoms. The molecule has 3 nitrogen and oxygen atoms in total. The molecule has 0 radical (unpaired) electrons. The molecule has 0 aromatic carbocycles. The predicted molar refractivity (Wildman–Crippen MR) is 47.6 cm³/mol. The Morgan fingerprint density at radius 3 is 3.25 bits per heavy atom. The highest BCUT2D eigenvalue weighted by Crippen LogP contribution is 2.19. The maximum atomic E-state index is 4.01. The van der Waals surface area contributed by atoms with Crippen molar-refractivity contribution in [2.75, 3.05) is 6.54 Å². The van der Waals surface area contributed by atoms with E-state index in [4.69, 9.17) is 0 Å². The number of H-pyrrole nitrogens is 1. The third kappa shape index (κ3) is 1.37. The van der Waals surface area contributed by atoms with E-state index < -0.39 is 0 Å². The lowest BCUT2D eigenvalue weighted by Crippen LogP contribution is -2.17. The number of aromatic nitrogens is 2. The molecule has 0 unspecified atom stereocenters. The first-order chi connectivity index (χ1) is 5.90. The van der Waals surface area contributed by atoms with Crippen LogP contribution in [0, 0.1) is 0 Å². The molecule has 12 heavy (non-hydrogen) atoms. The van der Waals surface area contributed by atoms with E-state index in [1.165, 1.54) is 30.6 Å². The molecule has 0 saturated carbocycles. The average Bonchev–Trinajstić information content (AvgIpc) is 2.58. The quantitative estimate of drug-likeness (QED) is 0.736. The highest BCUT2D eigenvalue weighted by molar-refractivity contribution is 5.20. The van der Waals surface area contributed by atoms with Crippen molar-refractivity contribution in [3.05, 3.63) is 17.5 Å². The molecule has 0 saturated heterocycles. The maximum Gasteiger partial charge on any atom is 0.0537 e. The van der Waals surface area contributed by atoms with Crippen LogP contribution in [0.25, 0.3) is 0 Å². The lowest BCUT2D eigenvalue weighted by molar-refractivity contribution is 0.276. The molecule has 0 fully saturated rings. The van der Waals surface area contributed by atoms with Gasteiger partial charge in [-0.3, -0.25) is 10.00 Å². The van der Waals surface area contributed by atoms with Crippen LogP contribution in [0.5, 0.6) is 0 Å². The van der Waals surface area contributed by atoms with Crippen LogP contribution in [-0.2, 0) is 13.1 Å². The molecule has 1 aromatic heterocycles. The van der Waals surface area contributed by atoms with Gasteiger partial charge in [-0.1, -0.05) is 13.3 Å². The number of rotatable bonds is 3. The minimum atomic E-state index is 1.06. The second kappa shape index (κ2) is 3.27. The van der Waals surface area contributed by atoms with E-state index in [1.807, 2.05) is 6.20 Å². The summed E-state index contributed by atoms with van der Waals surface area (Å²) < 4.78 is 0. The molecule has 0 atom stereocenters. The van der Waals surface area contributed by atoms with E-state index in [1.54, 1.807) is 0 Å². The topological polar surface area (TPSA) is 31.9 Å². The second-order valence-corrected chi connectivity index (χ2v) is 3.44. The van der Waals surface area contributed by atoms with Gasteiger partial charge < -0.3 is 0 Å². The molecular weight excluding hydrogens is 150 g/mol. The average molecular weight is 165 g/mol. The van der Waals surface area contributed by atoms with E-state index in [0.29, 0.717) is 0 Å². The van der Waals surface area contributed by atoms with Crippen LogP contribution in [0.2, 0.25) is 0 Å². The number of hydrogen-bond acceptors (Lipinski definition) is 2. The lowest BCUT2D eigenvalue weighted by Gasteiger charge is -2.13. The minimum Gasteiger partial charge on any atom is -0.293 e. The van der Waals surface area contributed by atoms with Crippen molar-refractivity contribution in [1.82, 2.24) is 15.1 Å². The minimum absolute atomic E-state index is 1.06.